The van der Waals surface area contributed by atoms with Crippen LogP contribution in [-0.2, 0) is 4.74 Å². The molecule has 1 saturated heterocycles. The molecule has 1 fully saturated rings. The van der Waals surface area contributed by atoms with Crippen molar-refractivity contribution in [2.24, 2.45) is 5.73 Å². The van der Waals surface area contributed by atoms with Crippen LogP contribution in [0.5, 0.6) is 0 Å². The van der Waals surface area contributed by atoms with Crippen molar-refractivity contribution in [3.8, 4) is 0 Å². The lowest BCUT2D eigenvalue weighted by atomic mass is 10.3. The Morgan fingerprint density at radius 1 is 1.05 bits per heavy atom. The summed E-state index contributed by atoms with van der Waals surface area (Å²) in [5.41, 5.74) is 4.50. The molecular weight excluding hydrogens is 238 g/mol. The molecule has 1 aliphatic rings. The van der Waals surface area contributed by atoms with Crippen LogP contribution in [0.3, 0.4) is 0 Å². The highest BCUT2D eigenvalue weighted by atomic mass is 16.5. The maximum Gasteiger partial charge on any atom is 0.0645 e. The molecular formula is C15H35N3O. The molecule has 1 aliphatic heterocycles. The normalized spacial score (nSPS) is 15.8. The second-order valence-electron chi connectivity index (χ2n) is 4.05. The predicted octanol–water partition coefficient (Wildman–Crippen LogP) is 1.82. The zero-order valence-corrected chi connectivity index (χ0v) is 13.5. The van der Waals surface area contributed by atoms with Gasteiger partial charge in [-0.05, 0) is 20.0 Å². The highest BCUT2D eigenvalue weighted by Crippen LogP contribution is 2.01. The zero-order valence-electron chi connectivity index (χ0n) is 13.5. The predicted molar refractivity (Wildman–Crippen MR) is 85.6 cm³/mol. The fraction of sp³-hybridized carbons (Fsp3) is 0.867. The molecule has 0 aliphatic carbocycles. The summed E-state index contributed by atoms with van der Waals surface area (Å²) in [5.74, 6) is 0. The first-order chi connectivity index (χ1) is 9.36. The third-order valence-electron chi connectivity index (χ3n) is 2.79. The lowest BCUT2D eigenvalue weighted by Crippen LogP contribution is -2.47. The van der Waals surface area contributed by atoms with Crippen molar-refractivity contribution in [1.29, 1.82) is 0 Å². The van der Waals surface area contributed by atoms with E-state index in [0.717, 1.165) is 13.2 Å². The Morgan fingerprint density at radius 3 is 1.95 bits per heavy atom. The molecule has 4 heteroatoms. The van der Waals surface area contributed by atoms with Gasteiger partial charge in [-0.1, -0.05) is 26.8 Å². The first kappa shape index (κ1) is 20.9. The maximum atomic E-state index is 5.39. The second kappa shape index (κ2) is 17.6. The van der Waals surface area contributed by atoms with Gasteiger partial charge in [-0.25, -0.2) is 0 Å². The number of nitrogens with zero attached hydrogens (tertiary/aromatic N) is 2. The van der Waals surface area contributed by atoms with Gasteiger partial charge in [0.05, 0.1) is 13.2 Å². The molecule has 0 atom stereocenters. The number of hydrogen-bond donors (Lipinski definition) is 1. The number of hydrogen-bond acceptors (Lipinski definition) is 4. The van der Waals surface area contributed by atoms with E-state index in [0.29, 0.717) is 6.61 Å². The summed E-state index contributed by atoms with van der Waals surface area (Å²) < 4.78 is 5.39. The van der Waals surface area contributed by atoms with Gasteiger partial charge >= 0.3 is 0 Å². The van der Waals surface area contributed by atoms with Crippen LogP contribution in [0.2, 0.25) is 0 Å². The van der Waals surface area contributed by atoms with Gasteiger partial charge in [0.15, 0.2) is 0 Å². The zero-order chi connectivity index (χ0) is 14.9. The monoisotopic (exact) mass is 273 g/mol. The minimum atomic E-state index is 0.676. The van der Waals surface area contributed by atoms with Crippen LogP contribution in [0.25, 0.3) is 0 Å². The summed E-state index contributed by atoms with van der Waals surface area (Å²) in [6, 6.07) is 0. The standard InChI is InChI=1S/C12H24N2O.C2H6.CH5N/c1-3-5-13-6-8-14(9-7-13)10-12-15-11-4-2;2*1-2/h4H,2-3,5-12H2,1H3;1-2H3;2H2,1H3. The molecule has 0 bridgehead atoms. The van der Waals surface area contributed by atoms with E-state index in [2.05, 4.69) is 29.0 Å². The number of piperazine rings is 1. The minimum absolute atomic E-state index is 0.676. The fourth-order valence-electron chi connectivity index (χ4n) is 1.91. The number of rotatable bonds is 7. The largest absolute Gasteiger partial charge is 0.376 e. The van der Waals surface area contributed by atoms with Crippen molar-refractivity contribution >= 4 is 0 Å². The second-order valence-corrected chi connectivity index (χ2v) is 4.05. The van der Waals surface area contributed by atoms with Crippen molar-refractivity contribution in [3.05, 3.63) is 12.7 Å². The molecule has 0 amide bonds. The van der Waals surface area contributed by atoms with Gasteiger partial charge < -0.3 is 15.4 Å². The van der Waals surface area contributed by atoms with Crippen LogP contribution in [-0.4, -0.2) is 69.3 Å². The van der Waals surface area contributed by atoms with Crippen LogP contribution in [0.4, 0.5) is 0 Å². The van der Waals surface area contributed by atoms with Crippen LogP contribution >= 0.6 is 0 Å². The van der Waals surface area contributed by atoms with Crippen LogP contribution in [0.1, 0.15) is 27.2 Å². The number of ether oxygens (including phenoxy) is 1. The van der Waals surface area contributed by atoms with Crippen LogP contribution < -0.4 is 5.73 Å². The molecule has 2 N–H and O–H groups in total. The summed E-state index contributed by atoms with van der Waals surface area (Å²) in [4.78, 5) is 5.02. The summed E-state index contributed by atoms with van der Waals surface area (Å²) in [6.45, 7) is 18.5. The van der Waals surface area contributed by atoms with E-state index in [1.165, 1.54) is 46.2 Å². The van der Waals surface area contributed by atoms with Crippen molar-refractivity contribution in [3.63, 3.8) is 0 Å². The van der Waals surface area contributed by atoms with Crippen molar-refractivity contribution < 1.29 is 4.74 Å². The Labute approximate surface area is 120 Å². The van der Waals surface area contributed by atoms with Gasteiger partial charge in [0.25, 0.3) is 0 Å². The highest BCUT2D eigenvalue weighted by Gasteiger charge is 2.15. The fourth-order valence-corrected chi connectivity index (χ4v) is 1.91. The van der Waals surface area contributed by atoms with E-state index in [1.54, 1.807) is 6.08 Å². The van der Waals surface area contributed by atoms with E-state index < -0.39 is 0 Å². The molecule has 0 aromatic rings. The lowest BCUT2D eigenvalue weighted by molar-refractivity contribution is 0.0864. The summed E-state index contributed by atoms with van der Waals surface area (Å²) in [7, 11) is 1.50. The van der Waals surface area contributed by atoms with Gasteiger partial charge in [-0.3, -0.25) is 4.90 Å². The van der Waals surface area contributed by atoms with Crippen molar-refractivity contribution in [1.82, 2.24) is 9.80 Å². The highest BCUT2D eigenvalue weighted by molar-refractivity contribution is 4.71. The average Bonchev–Trinajstić information content (AvgIpc) is 2.50. The molecule has 1 rings (SSSR count). The summed E-state index contributed by atoms with van der Waals surface area (Å²) >= 11 is 0. The minimum Gasteiger partial charge on any atom is -0.376 e. The van der Waals surface area contributed by atoms with Crippen molar-refractivity contribution in [2.45, 2.75) is 27.2 Å². The van der Waals surface area contributed by atoms with Gasteiger partial charge in [0, 0.05) is 32.7 Å². The summed E-state index contributed by atoms with van der Waals surface area (Å²) in [6.07, 6.45) is 3.07. The molecule has 0 saturated carbocycles. The van der Waals surface area contributed by atoms with Crippen LogP contribution in [0.15, 0.2) is 12.7 Å². The molecule has 4 nitrogen and oxygen atoms in total. The molecule has 0 unspecified atom stereocenters. The molecule has 116 valence electrons. The van der Waals surface area contributed by atoms with E-state index in [1.807, 2.05) is 13.8 Å². The SMILES string of the molecule is C=CCOCCN1CCN(CCC)CC1.CC.CN. The van der Waals surface area contributed by atoms with E-state index in [4.69, 9.17) is 4.74 Å². The molecule has 19 heavy (non-hydrogen) atoms. The van der Waals surface area contributed by atoms with Crippen LogP contribution in [0, 0.1) is 0 Å². The quantitative estimate of drug-likeness (QED) is 0.567. The Hall–Kier alpha value is -0.420. The molecule has 0 spiro atoms. The Balaban J connectivity index is 0. The van der Waals surface area contributed by atoms with Gasteiger partial charge in [-0.15, -0.1) is 6.58 Å². The topological polar surface area (TPSA) is 41.7 Å². The Morgan fingerprint density at radius 2 is 1.53 bits per heavy atom. The van der Waals surface area contributed by atoms with E-state index in [-0.39, 0.29) is 0 Å². The van der Waals surface area contributed by atoms with Gasteiger partial charge in [-0.2, -0.15) is 0 Å². The molecule has 0 aromatic heterocycles. The molecule has 1 heterocycles. The van der Waals surface area contributed by atoms with Gasteiger partial charge in [0.2, 0.25) is 0 Å². The van der Waals surface area contributed by atoms with Crippen molar-refractivity contribution in [2.75, 3.05) is 59.5 Å². The van der Waals surface area contributed by atoms with E-state index >= 15 is 0 Å². The molecule has 0 radical (unpaired) electrons. The average molecular weight is 273 g/mol. The molecule has 0 aromatic carbocycles. The Bertz CT molecular complexity index is 169. The lowest BCUT2D eigenvalue weighted by Gasteiger charge is -2.34. The first-order valence-corrected chi connectivity index (χ1v) is 7.58. The summed E-state index contributed by atoms with van der Waals surface area (Å²) in [5, 5.41) is 0. The number of nitrogens with two attached hydrogens (primary N) is 1. The first-order valence-electron chi connectivity index (χ1n) is 7.58. The van der Waals surface area contributed by atoms with Gasteiger partial charge in [0.1, 0.15) is 0 Å². The Kier molecular flexibility index (Phi) is 19.3. The smallest absolute Gasteiger partial charge is 0.0645 e. The van der Waals surface area contributed by atoms with E-state index in [9.17, 15) is 0 Å². The maximum absolute atomic E-state index is 5.39. The third kappa shape index (κ3) is 12.4. The third-order valence-corrected chi connectivity index (χ3v) is 2.79.